The van der Waals surface area contributed by atoms with Gasteiger partial charge in [-0.3, -0.25) is 4.90 Å². The summed E-state index contributed by atoms with van der Waals surface area (Å²) >= 11 is 0. The maximum Gasteiger partial charge on any atom is 0.410 e. The van der Waals surface area contributed by atoms with Gasteiger partial charge in [-0.2, -0.15) is 5.10 Å². The topological polar surface area (TPSA) is 110 Å². The summed E-state index contributed by atoms with van der Waals surface area (Å²) < 4.78 is 5.43. The third kappa shape index (κ3) is 6.72. The highest BCUT2D eigenvalue weighted by Crippen LogP contribution is 2.14. The van der Waals surface area contributed by atoms with E-state index in [-0.39, 0.29) is 12.1 Å². The highest BCUT2D eigenvalue weighted by Gasteiger charge is 2.25. The van der Waals surface area contributed by atoms with Gasteiger partial charge in [-0.05, 0) is 38.0 Å². The van der Waals surface area contributed by atoms with Crippen LogP contribution in [0.15, 0.2) is 34.5 Å². The molecule has 1 fully saturated rings. The first-order valence-electron chi connectivity index (χ1n) is 8.64. The van der Waals surface area contributed by atoms with Gasteiger partial charge in [0.15, 0.2) is 0 Å². The Morgan fingerprint density at radius 2 is 1.92 bits per heavy atom. The fraction of sp³-hybridized carbons (Fsp3) is 0.500. The van der Waals surface area contributed by atoms with Crippen LogP contribution in [0.3, 0.4) is 0 Å². The van der Waals surface area contributed by atoms with Crippen LogP contribution in [-0.2, 0) is 11.3 Å². The standard InChI is InChI=1S/C18H28N6O2/c1-18(2,3)26-17(25)24-9-7-23(8-10-24)13-15-6-4-5-14(11-15)12-21-22-16(19)20/h4-6,11-12H,7-10,13H2,1-3H3,(H4,19,20,22). The molecule has 0 aromatic heterocycles. The molecule has 1 aliphatic heterocycles. The quantitative estimate of drug-likeness (QED) is 0.478. The number of ether oxygens (including phenoxy) is 1. The van der Waals surface area contributed by atoms with Gasteiger partial charge in [0.05, 0.1) is 6.21 Å². The van der Waals surface area contributed by atoms with Crippen molar-refractivity contribution in [2.24, 2.45) is 21.7 Å². The van der Waals surface area contributed by atoms with Crippen LogP contribution >= 0.6 is 0 Å². The molecule has 0 radical (unpaired) electrons. The highest BCUT2D eigenvalue weighted by molar-refractivity contribution is 5.81. The predicted molar refractivity (Wildman–Crippen MR) is 103 cm³/mol. The zero-order valence-electron chi connectivity index (χ0n) is 15.7. The average Bonchev–Trinajstić information content (AvgIpc) is 2.54. The molecule has 4 N–H and O–H groups in total. The van der Waals surface area contributed by atoms with E-state index in [9.17, 15) is 4.79 Å². The molecule has 1 saturated heterocycles. The van der Waals surface area contributed by atoms with Crippen molar-refractivity contribution in [2.75, 3.05) is 26.2 Å². The van der Waals surface area contributed by atoms with Gasteiger partial charge in [0.2, 0.25) is 5.96 Å². The summed E-state index contributed by atoms with van der Waals surface area (Å²) in [6, 6.07) is 8.03. The van der Waals surface area contributed by atoms with E-state index in [0.717, 1.165) is 25.2 Å². The predicted octanol–water partition coefficient (Wildman–Crippen LogP) is 1.35. The van der Waals surface area contributed by atoms with Crippen LogP contribution in [0.1, 0.15) is 31.9 Å². The second-order valence-electron chi connectivity index (χ2n) is 7.26. The number of rotatable bonds is 4. The van der Waals surface area contributed by atoms with E-state index in [4.69, 9.17) is 16.2 Å². The molecular formula is C18H28N6O2. The maximum atomic E-state index is 12.1. The highest BCUT2D eigenvalue weighted by atomic mass is 16.6. The first kappa shape index (κ1) is 19.7. The molecule has 2 rings (SSSR count). The van der Waals surface area contributed by atoms with Gasteiger partial charge in [0, 0.05) is 32.7 Å². The smallest absolute Gasteiger partial charge is 0.410 e. The molecule has 1 aromatic rings. The van der Waals surface area contributed by atoms with Crippen molar-refractivity contribution < 1.29 is 9.53 Å². The van der Waals surface area contributed by atoms with Gasteiger partial charge in [-0.25, -0.2) is 4.79 Å². The lowest BCUT2D eigenvalue weighted by molar-refractivity contribution is 0.0139. The van der Waals surface area contributed by atoms with E-state index in [1.165, 1.54) is 5.56 Å². The zero-order valence-corrected chi connectivity index (χ0v) is 15.7. The Labute approximate surface area is 154 Å². The lowest BCUT2D eigenvalue weighted by atomic mass is 10.1. The second-order valence-corrected chi connectivity index (χ2v) is 7.26. The number of nitrogens with zero attached hydrogens (tertiary/aromatic N) is 4. The fourth-order valence-corrected chi connectivity index (χ4v) is 2.61. The summed E-state index contributed by atoms with van der Waals surface area (Å²) in [6.07, 6.45) is 1.37. The minimum atomic E-state index is -0.463. The number of carbonyl (C=O) groups excluding carboxylic acids is 1. The fourth-order valence-electron chi connectivity index (χ4n) is 2.61. The SMILES string of the molecule is CC(C)(C)OC(=O)N1CCN(Cc2cccc(C=NN=C(N)N)c2)CC1. The molecule has 1 amide bonds. The summed E-state index contributed by atoms with van der Waals surface area (Å²) in [5.74, 6) is -0.0692. The molecule has 1 aromatic carbocycles. The number of hydrogen-bond acceptors (Lipinski definition) is 5. The minimum Gasteiger partial charge on any atom is -0.444 e. The molecule has 0 spiro atoms. The van der Waals surface area contributed by atoms with E-state index >= 15 is 0 Å². The molecule has 0 saturated carbocycles. The number of amides is 1. The van der Waals surface area contributed by atoms with Crippen LogP contribution in [0.5, 0.6) is 0 Å². The Bertz CT molecular complexity index is 669. The van der Waals surface area contributed by atoms with Gasteiger partial charge < -0.3 is 21.1 Å². The van der Waals surface area contributed by atoms with Crippen molar-refractivity contribution in [1.82, 2.24) is 9.80 Å². The van der Waals surface area contributed by atoms with Gasteiger partial charge in [-0.15, -0.1) is 5.10 Å². The molecular weight excluding hydrogens is 332 g/mol. The zero-order chi connectivity index (χ0) is 19.2. The lowest BCUT2D eigenvalue weighted by Gasteiger charge is -2.35. The van der Waals surface area contributed by atoms with E-state index < -0.39 is 5.60 Å². The van der Waals surface area contributed by atoms with Crippen molar-refractivity contribution in [2.45, 2.75) is 32.9 Å². The van der Waals surface area contributed by atoms with Crippen LogP contribution in [-0.4, -0.2) is 59.8 Å². The first-order chi connectivity index (χ1) is 12.2. The van der Waals surface area contributed by atoms with Crippen molar-refractivity contribution >= 4 is 18.3 Å². The summed E-state index contributed by atoms with van der Waals surface area (Å²) in [6.45, 7) is 9.41. The van der Waals surface area contributed by atoms with Crippen LogP contribution < -0.4 is 11.5 Å². The Morgan fingerprint density at radius 1 is 1.23 bits per heavy atom. The van der Waals surface area contributed by atoms with Gasteiger partial charge >= 0.3 is 6.09 Å². The summed E-state index contributed by atoms with van der Waals surface area (Å²) in [5.41, 5.74) is 12.1. The van der Waals surface area contributed by atoms with Crippen molar-refractivity contribution in [1.29, 1.82) is 0 Å². The van der Waals surface area contributed by atoms with Crippen LogP contribution in [0.2, 0.25) is 0 Å². The number of hydrogen-bond donors (Lipinski definition) is 2. The van der Waals surface area contributed by atoms with Crippen LogP contribution in [0, 0.1) is 0 Å². The summed E-state index contributed by atoms with van der Waals surface area (Å²) in [4.78, 5) is 16.2. The van der Waals surface area contributed by atoms with Gasteiger partial charge in [0.25, 0.3) is 0 Å². The maximum absolute atomic E-state index is 12.1. The monoisotopic (exact) mass is 360 g/mol. The van der Waals surface area contributed by atoms with Crippen molar-refractivity contribution in [3.63, 3.8) is 0 Å². The normalized spacial score (nSPS) is 15.9. The molecule has 0 bridgehead atoms. The number of carbonyl (C=O) groups is 1. The third-order valence-electron chi connectivity index (χ3n) is 3.76. The summed E-state index contributed by atoms with van der Waals surface area (Å²) in [5, 5.41) is 7.43. The Kier molecular flexibility index (Phi) is 6.57. The molecule has 8 nitrogen and oxygen atoms in total. The van der Waals surface area contributed by atoms with E-state index in [1.807, 2.05) is 39.0 Å². The Hall–Kier alpha value is -2.61. The van der Waals surface area contributed by atoms with E-state index in [2.05, 4.69) is 21.2 Å². The molecule has 0 aliphatic carbocycles. The lowest BCUT2D eigenvalue weighted by Crippen LogP contribution is -2.49. The molecule has 8 heteroatoms. The van der Waals surface area contributed by atoms with Gasteiger partial charge in [0.1, 0.15) is 5.60 Å². The Balaban J connectivity index is 1.87. The largest absolute Gasteiger partial charge is 0.444 e. The van der Waals surface area contributed by atoms with E-state index in [0.29, 0.717) is 13.1 Å². The van der Waals surface area contributed by atoms with Crippen molar-refractivity contribution in [3.8, 4) is 0 Å². The molecule has 1 heterocycles. The average molecular weight is 360 g/mol. The van der Waals surface area contributed by atoms with Crippen LogP contribution in [0.25, 0.3) is 0 Å². The molecule has 26 heavy (non-hydrogen) atoms. The third-order valence-corrected chi connectivity index (χ3v) is 3.76. The molecule has 1 aliphatic rings. The number of nitrogens with two attached hydrogens (primary N) is 2. The molecule has 0 unspecified atom stereocenters. The van der Waals surface area contributed by atoms with E-state index in [1.54, 1.807) is 11.1 Å². The Morgan fingerprint density at radius 3 is 2.54 bits per heavy atom. The number of piperazine rings is 1. The first-order valence-corrected chi connectivity index (χ1v) is 8.64. The summed E-state index contributed by atoms with van der Waals surface area (Å²) in [7, 11) is 0. The molecule has 0 atom stereocenters. The number of benzene rings is 1. The molecule has 142 valence electrons. The van der Waals surface area contributed by atoms with Crippen molar-refractivity contribution in [3.05, 3.63) is 35.4 Å². The minimum absolute atomic E-state index is 0.0692. The second kappa shape index (κ2) is 8.66. The van der Waals surface area contributed by atoms with Gasteiger partial charge in [-0.1, -0.05) is 18.2 Å². The number of guanidine groups is 1. The van der Waals surface area contributed by atoms with Crippen LogP contribution in [0.4, 0.5) is 4.79 Å².